The second kappa shape index (κ2) is 9.51. The molecule has 1 aromatic carbocycles. The van der Waals surface area contributed by atoms with Gasteiger partial charge < -0.3 is 9.88 Å². The molecule has 31 heavy (non-hydrogen) atoms. The second-order valence-corrected chi connectivity index (χ2v) is 9.38. The van der Waals surface area contributed by atoms with Crippen LogP contribution in [0.4, 0.5) is 4.39 Å². The lowest BCUT2D eigenvalue weighted by Crippen LogP contribution is -2.43. The molecule has 1 saturated heterocycles. The molecule has 0 aliphatic carbocycles. The molecular formula is C18H21Cl2FN4O5S. The third-order valence-corrected chi connectivity index (χ3v) is 7.17. The molecule has 9 nitrogen and oxygen atoms in total. The molecule has 0 spiro atoms. The summed E-state index contributed by atoms with van der Waals surface area (Å²) in [5, 5.41) is 1.92. The van der Waals surface area contributed by atoms with E-state index in [0.717, 1.165) is 22.8 Å². The van der Waals surface area contributed by atoms with Gasteiger partial charge in [0.25, 0.3) is 11.5 Å². The van der Waals surface area contributed by atoms with Gasteiger partial charge in [-0.1, -0.05) is 11.6 Å². The van der Waals surface area contributed by atoms with Crippen LogP contribution in [0.1, 0.15) is 28.9 Å². The molecule has 1 aromatic heterocycles. The van der Waals surface area contributed by atoms with E-state index in [1.807, 2.05) is 4.72 Å². The quantitative estimate of drug-likeness (QED) is 0.650. The van der Waals surface area contributed by atoms with Crippen LogP contribution < -0.4 is 21.3 Å². The number of sulfonamides is 1. The van der Waals surface area contributed by atoms with Crippen LogP contribution >= 0.6 is 24.0 Å². The van der Waals surface area contributed by atoms with Gasteiger partial charge in [0.2, 0.25) is 10.0 Å². The number of carbonyl (C=O) groups is 1. The van der Waals surface area contributed by atoms with Gasteiger partial charge in [-0.25, -0.2) is 26.9 Å². The highest BCUT2D eigenvalue weighted by Crippen LogP contribution is 2.23. The van der Waals surface area contributed by atoms with Crippen molar-refractivity contribution in [2.24, 2.45) is 7.05 Å². The molecule has 0 unspecified atom stereocenters. The largest absolute Gasteiger partial charge is 0.335 e. The molecule has 0 atom stereocenters. The summed E-state index contributed by atoms with van der Waals surface area (Å²) < 4.78 is 43.2. The number of hydrogen-bond donors (Lipinski definition) is 2. The Kier molecular flexibility index (Phi) is 7.69. The van der Waals surface area contributed by atoms with Crippen molar-refractivity contribution in [3.05, 3.63) is 61.1 Å². The van der Waals surface area contributed by atoms with Crippen LogP contribution in [0.15, 0.2) is 27.8 Å². The van der Waals surface area contributed by atoms with Gasteiger partial charge in [-0.05, 0) is 45.0 Å². The highest BCUT2D eigenvalue weighted by molar-refractivity contribution is 7.90. The van der Waals surface area contributed by atoms with Gasteiger partial charge in [0.15, 0.2) is 0 Å². The molecule has 0 radical (unpaired) electrons. The topological polar surface area (TPSA) is 119 Å². The highest BCUT2D eigenvalue weighted by atomic mass is 35.5. The molecule has 170 valence electrons. The summed E-state index contributed by atoms with van der Waals surface area (Å²) in [6, 6.07) is 2.79. The van der Waals surface area contributed by atoms with E-state index in [-0.39, 0.29) is 23.0 Å². The van der Waals surface area contributed by atoms with Crippen molar-refractivity contribution >= 4 is 39.9 Å². The summed E-state index contributed by atoms with van der Waals surface area (Å²) in [7, 11) is -2.59. The molecule has 0 saturated carbocycles. The fraction of sp³-hybridized carbons (Fsp3) is 0.389. The molecule has 1 fully saturated rings. The molecule has 2 aromatic rings. The predicted octanol–water partition coefficient (Wildman–Crippen LogP) is 0.871. The van der Waals surface area contributed by atoms with Crippen LogP contribution in [-0.2, 0) is 17.1 Å². The number of amides is 1. The first-order valence-corrected chi connectivity index (χ1v) is 11.0. The first kappa shape index (κ1) is 25.1. The Morgan fingerprint density at radius 1 is 1.23 bits per heavy atom. The van der Waals surface area contributed by atoms with Gasteiger partial charge in [-0.2, -0.15) is 0 Å². The molecular weight excluding hydrogens is 474 g/mol. The van der Waals surface area contributed by atoms with Crippen molar-refractivity contribution < 1.29 is 17.6 Å². The summed E-state index contributed by atoms with van der Waals surface area (Å²) in [6.07, 6.45) is 0.666. The Morgan fingerprint density at radius 3 is 2.45 bits per heavy atom. The zero-order valence-corrected chi connectivity index (χ0v) is 19.0. The lowest BCUT2D eigenvalue weighted by atomic mass is 10.1. The summed E-state index contributed by atoms with van der Waals surface area (Å²) >= 11 is 5.96. The molecule has 1 aliphatic heterocycles. The summed E-state index contributed by atoms with van der Waals surface area (Å²) in [4.78, 5) is 37.4. The number of nitrogens with one attached hydrogen (secondary N) is 2. The second-order valence-electron chi connectivity index (χ2n) is 7.01. The van der Waals surface area contributed by atoms with E-state index >= 15 is 0 Å². The third-order valence-electron chi connectivity index (χ3n) is 5.04. The van der Waals surface area contributed by atoms with Crippen LogP contribution in [-0.4, -0.2) is 41.8 Å². The molecule has 1 amide bonds. The number of benzene rings is 1. The Morgan fingerprint density at radius 2 is 1.84 bits per heavy atom. The normalized spacial score (nSPS) is 14.7. The Labute approximate surface area is 188 Å². The Balaban J connectivity index is 0.00000341. The Hall–Kier alpha value is -2.21. The van der Waals surface area contributed by atoms with E-state index < -0.39 is 43.9 Å². The van der Waals surface area contributed by atoms with Crippen LogP contribution in [0.3, 0.4) is 0 Å². The lowest BCUT2D eigenvalue weighted by Gasteiger charge is -2.23. The summed E-state index contributed by atoms with van der Waals surface area (Å²) in [6.45, 7) is 2.54. The highest BCUT2D eigenvalue weighted by Gasteiger charge is 2.30. The molecule has 2 heterocycles. The first-order valence-electron chi connectivity index (χ1n) is 9.08. The van der Waals surface area contributed by atoms with Crippen molar-refractivity contribution in [2.75, 3.05) is 13.1 Å². The number of nitrogens with zero attached hydrogens (tertiary/aromatic N) is 2. The SMILES string of the molecule is Cc1cc(=O)n(-c2cc(C(=O)NS(=O)(=O)C3CCNCC3)c(Cl)cc2F)c(=O)n1C.Cl. The zero-order chi connectivity index (χ0) is 22.2. The minimum Gasteiger partial charge on any atom is -0.317 e. The smallest absolute Gasteiger partial charge is 0.317 e. The van der Waals surface area contributed by atoms with Crippen LogP contribution in [0, 0.1) is 12.7 Å². The fourth-order valence-electron chi connectivity index (χ4n) is 3.21. The van der Waals surface area contributed by atoms with Crippen LogP contribution in [0.5, 0.6) is 0 Å². The minimum absolute atomic E-state index is 0. The number of hydrogen-bond acceptors (Lipinski definition) is 6. The number of aromatic nitrogens is 2. The van der Waals surface area contributed by atoms with E-state index in [4.69, 9.17) is 11.6 Å². The monoisotopic (exact) mass is 494 g/mol. The summed E-state index contributed by atoms with van der Waals surface area (Å²) in [5.41, 5.74) is -2.14. The minimum atomic E-state index is -3.99. The third kappa shape index (κ3) is 5.00. The number of halogens is 3. The summed E-state index contributed by atoms with van der Waals surface area (Å²) in [5.74, 6) is -2.09. The van der Waals surface area contributed by atoms with E-state index in [1.165, 1.54) is 14.0 Å². The number of rotatable bonds is 4. The zero-order valence-electron chi connectivity index (χ0n) is 16.6. The van der Waals surface area contributed by atoms with Crippen LogP contribution in [0.25, 0.3) is 5.69 Å². The maximum atomic E-state index is 14.6. The van der Waals surface area contributed by atoms with Crippen molar-refractivity contribution in [3.63, 3.8) is 0 Å². The van der Waals surface area contributed by atoms with E-state index in [1.54, 1.807) is 0 Å². The molecule has 1 aliphatic rings. The van der Waals surface area contributed by atoms with Gasteiger partial charge in [0.05, 0.1) is 21.5 Å². The molecule has 13 heteroatoms. The van der Waals surface area contributed by atoms with Gasteiger partial charge in [-0.3, -0.25) is 9.59 Å². The number of carbonyl (C=O) groups excluding carboxylic acids is 1. The lowest BCUT2D eigenvalue weighted by molar-refractivity contribution is 0.0981. The van der Waals surface area contributed by atoms with Gasteiger partial charge in [0, 0.05) is 18.8 Å². The van der Waals surface area contributed by atoms with Gasteiger partial charge in [-0.15, -0.1) is 12.4 Å². The van der Waals surface area contributed by atoms with E-state index in [2.05, 4.69) is 5.32 Å². The average molecular weight is 495 g/mol. The maximum Gasteiger partial charge on any atom is 0.335 e. The number of piperidine rings is 1. The van der Waals surface area contributed by atoms with Crippen molar-refractivity contribution in [3.8, 4) is 5.69 Å². The maximum absolute atomic E-state index is 14.6. The van der Waals surface area contributed by atoms with Crippen molar-refractivity contribution in [1.29, 1.82) is 0 Å². The van der Waals surface area contributed by atoms with Gasteiger partial charge >= 0.3 is 5.69 Å². The van der Waals surface area contributed by atoms with Crippen molar-refractivity contribution in [1.82, 2.24) is 19.2 Å². The van der Waals surface area contributed by atoms with Gasteiger partial charge in [0.1, 0.15) is 5.82 Å². The van der Waals surface area contributed by atoms with E-state index in [9.17, 15) is 27.2 Å². The fourth-order valence-corrected chi connectivity index (χ4v) is 4.84. The first-order chi connectivity index (χ1) is 14.0. The molecule has 2 N–H and O–H groups in total. The molecule has 3 rings (SSSR count). The predicted molar refractivity (Wildman–Crippen MR) is 117 cm³/mol. The van der Waals surface area contributed by atoms with Crippen molar-refractivity contribution in [2.45, 2.75) is 25.0 Å². The Bertz CT molecular complexity index is 1240. The molecule has 0 bridgehead atoms. The average Bonchev–Trinajstić information content (AvgIpc) is 2.68. The standard InChI is InChI=1S/C18H20ClFN4O5S.ClH/c1-10-7-16(25)24(18(27)23(10)2)15-8-12(13(19)9-14(15)20)17(26)22-30(28,29)11-3-5-21-6-4-11;/h7-9,11,21H,3-6H2,1-2H3,(H,22,26);1H. The van der Waals surface area contributed by atoms with E-state index in [0.29, 0.717) is 36.2 Å². The van der Waals surface area contributed by atoms with Crippen LogP contribution in [0.2, 0.25) is 5.02 Å². The number of aryl methyl sites for hydroxylation is 1.